The number of benzene rings is 1. The summed E-state index contributed by atoms with van der Waals surface area (Å²) >= 11 is 0. The van der Waals surface area contributed by atoms with Gasteiger partial charge in [-0.1, -0.05) is 0 Å². The topological polar surface area (TPSA) is 54.9 Å². The Morgan fingerprint density at radius 2 is 1.96 bits per heavy atom. The first-order valence-corrected chi connectivity index (χ1v) is 8.10. The SMILES string of the molecule is CCOCCCCNC(=NC)NCC(C)Oc1ccc(F)cc1. The van der Waals surface area contributed by atoms with Gasteiger partial charge in [-0.15, -0.1) is 0 Å². The summed E-state index contributed by atoms with van der Waals surface area (Å²) in [6.07, 6.45) is 2.00. The molecule has 0 fully saturated rings. The molecule has 0 aliphatic heterocycles. The fraction of sp³-hybridized carbons (Fsp3) is 0.588. The van der Waals surface area contributed by atoms with Gasteiger partial charge in [0.05, 0.1) is 6.54 Å². The van der Waals surface area contributed by atoms with Gasteiger partial charge in [0.25, 0.3) is 0 Å². The molecule has 2 N–H and O–H groups in total. The van der Waals surface area contributed by atoms with Crippen molar-refractivity contribution in [2.45, 2.75) is 32.8 Å². The first-order chi connectivity index (χ1) is 11.2. The lowest BCUT2D eigenvalue weighted by atomic mass is 10.3. The van der Waals surface area contributed by atoms with Crippen LogP contribution >= 0.6 is 0 Å². The molecule has 1 aromatic carbocycles. The van der Waals surface area contributed by atoms with Gasteiger partial charge < -0.3 is 20.1 Å². The molecule has 0 aliphatic rings. The van der Waals surface area contributed by atoms with E-state index in [9.17, 15) is 4.39 Å². The average Bonchev–Trinajstić information content (AvgIpc) is 2.55. The van der Waals surface area contributed by atoms with Crippen molar-refractivity contribution in [3.8, 4) is 5.75 Å². The van der Waals surface area contributed by atoms with E-state index < -0.39 is 0 Å². The van der Waals surface area contributed by atoms with Crippen molar-refractivity contribution in [2.24, 2.45) is 4.99 Å². The van der Waals surface area contributed by atoms with Gasteiger partial charge in [-0.05, 0) is 51.0 Å². The molecule has 0 bridgehead atoms. The van der Waals surface area contributed by atoms with Crippen LogP contribution in [0.2, 0.25) is 0 Å². The Hall–Kier alpha value is -1.82. The van der Waals surface area contributed by atoms with Gasteiger partial charge in [-0.25, -0.2) is 4.39 Å². The van der Waals surface area contributed by atoms with Crippen LogP contribution in [-0.4, -0.2) is 45.4 Å². The molecule has 1 rings (SSSR count). The van der Waals surface area contributed by atoms with Crippen LogP contribution in [0.25, 0.3) is 0 Å². The standard InChI is InChI=1S/C17H28FN3O2/c1-4-22-12-6-5-11-20-17(19-3)21-13-14(2)23-16-9-7-15(18)8-10-16/h7-10,14H,4-6,11-13H2,1-3H3,(H2,19,20,21). The number of nitrogens with zero attached hydrogens (tertiary/aromatic N) is 1. The number of guanidine groups is 1. The molecule has 0 saturated heterocycles. The molecule has 0 aromatic heterocycles. The van der Waals surface area contributed by atoms with E-state index in [1.54, 1.807) is 19.2 Å². The number of hydrogen-bond acceptors (Lipinski definition) is 3. The van der Waals surface area contributed by atoms with E-state index in [0.717, 1.165) is 38.6 Å². The number of aliphatic imine (C=N–C) groups is 1. The zero-order valence-corrected chi connectivity index (χ0v) is 14.3. The van der Waals surface area contributed by atoms with Gasteiger partial charge in [0.15, 0.2) is 5.96 Å². The lowest BCUT2D eigenvalue weighted by Gasteiger charge is -2.17. The summed E-state index contributed by atoms with van der Waals surface area (Å²) in [7, 11) is 1.74. The van der Waals surface area contributed by atoms with Crippen LogP contribution in [0.5, 0.6) is 5.75 Å². The van der Waals surface area contributed by atoms with Gasteiger partial charge in [0.1, 0.15) is 17.7 Å². The van der Waals surface area contributed by atoms with Crippen molar-refractivity contribution in [2.75, 3.05) is 33.4 Å². The second kappa shape index (κ2) is 11.7. The number of ether oxygens (including phenoxy) is 2. The highest BCUT2D eigenvalue weighted by molar-refractivity contribution is 5.79. The zero-order chi connectivity index (χ0) is 16.9. The molecular formula is C17H28FN3O2. The molecule has 23 heavy (non-hydrogen) atoms. The van der Waals surface area contributed by atoms with E-state index in [1.807, 2.05) is 13.8 Å². The van der Waals surface area contributed by atoms with E-state index >= 15 is 0 Å². The van der Waals surface area contributed by atoms with Crippen molar-refractivity contribution >= 4 is 5.96 Å². The summed E-state index contributed by atoms with van der Waals surface area (Å²) in [6.45, 7) is 6.97. The third-order valence-electron chi connectivity index (χ3n) is 3.14. The van der Waals surface area contributed by atoms with Crippen LogP contribution in [0.15, 0.2) is 29.3 Å². The minimum Gasteiger partial charge on any atom is -0.489 e. The fourth-order valence-corrected chi connectivity index (χ4v) is 1.93. The molecular weight excluding hydrogens is 297 g/mol. The summed E-state index contributed by atoms with van der Waals surface area (Å²) < 4.78 is 23.8. The molecule has 0 saturated carbocycles. The maximum absolute atomic E-state index is 12.8. The number of nitrogens with one attached hydrogen (secondary N) is 2. The second-order valence-electron chi connectivity index (χ2n) is 5.17. The van der Waals surface area contributed by atoms with Crippen LogP contribution in [0.3, 0.4) is 0 Å². The summed E-state index contributed by atoms with van der Waals surface area (Å²) in [5.41, 5.74) is 0. The predicted molar refractivity (Wildman–Crippen MR) is 91.6 cm³/mol. The first kappa shape index (κ1) is 19.2. The van der Waals surface area contributed by atoms with Gasteiger partial charge in [0.2, 0.25) is 0 Å². The van der Waals surface area contributed by atoms with E-state index in [1.165, 1.54) is 12.1 Å². The first-order valence-electron chi connectivity index (χ1n) is 8.10. The summed E-state index contributed by atoms with van der Waals surface area (Å²) in [5.74, 6) is 1.13. The van der Waals surface area contributed by atoms with Crippen LogP contribution in [-0.2, 0) is 4.74 Å². The molecule has 130 valence electrons. The van der Waals surface area contributed by atoms with Crippen LogP contribution in [0.4, 0.5) is 4.39 Å². The fourth-order valence-electron chi connectivity index (χ4n) is 1.93. The quantitative estimate of drug-likeness (QED) is 0.394. The number of rotatable bonds is 10. The Kier molecular flexibility index (Phi) is 9.79. The third kappa shape index (κ3) is 9.03. The Morgan fingerprint density at radius 1 is 1.22 bits per heavy atom. The molecule has 1 aromatic rings. The maximum atomic E-state index is 12.8. The minimum absolute atomic E-state index is 0.0584. The Balaban J connectivity index is 2.19. The van der Waals surface area contributed by atoms with Crippen LogP contribution in [0, 0.1) is 5.82 Å². The minimum atomic E-state index is -0.267. The predicted octanol–water partition coefficient (Wildman–Crippen LogP) is 2.57. The van der Waals surface area contributed by atoms with Gasteiger partial charge in [0, 0.05) is 26.8 Å². The molecule has 6 heteroatoms. The monoisotopic (exact) mass is 325 g/mol. The van der Waals surface area contributed by atoms with Crippen molar-refractivity contribution in [3.05, 3.63) is 30.1 Å². The van der Waals surface area contributed by atoms with Crippen LogP contribution < -0.4 is 15.4 Å². The Labute approximate surface area is 138 Å². The van der Waals surface area contributed by atoms with E-state index in [0.29, 0.717) is 12.3 Å². The lowest BCUT2D eigenvalue weighted by Crippen LogP contribution is -2.42. The summed E-state index contributed by atoms with van der Waals surface area (Å²) in [5, 5.41) is 6.46. The summed E-state index contributed by atoms with van der Waals surface area (Å²) in [4.78, 5) is 4.17. The molecule has 0 aliphatic carbocycles. The number of hydrogen-bond donors (Lipinski definition) is 2. The highest BCUT2D eigenvalue weighted by Gasteiger charge is 2.05. The van der Waals surface area contributed by atoms with E-state index in [4.69, 9.17) is 9.47 Å². The Morgan fingerprint density at radius 3 is 2.61 bits per heavy atom. The van der Waals surface area contributed by atoms with Crippen molar-refractivity contribution < 1.29 is 13.9 Å². The van der Waals surface area contributed by atoms with Crippen molar-refractivity contribution in [1.82, 2.24) is 10.6 Å². The molecule has 1 atom stereocenters. The lowest BCUT2D eigenvalue weighted by molar-refractivity contribution is 0.143. The molecule has 0 amide bonds. The van der Waals surface area contributed by atoms with Gasteiger partial charge >= 0.3 is 0 Å². The molecule has 1 unspecified atom stereocenters. The number of halogens is 1. The third-order valence-corrected chi connectivity index (χ3v) is 3.14. The highest BCUT2D eigenvalue weighted by atomic mass is 19.1. The largest absolute Gasteiger partial charge is 0.489 e. The molecule has 5 nitrogen and oxygen atoms in total. The van der Waals surface area contributed by atoms with Gasteiger partial charge in [-0.3, -0.25) is 4.99 Å². The molecule has 0 spiro atoms. The summed E-state index contributed by atoms with van der Waals surface area (Å²) in [6, 6.07) is 6.02. The smallest absolute Gasteiger partial charge is 0.191 e. The van der Waals surface area contributed by atoms with Crippen molar-refractivity contribution in [1.29, 1.82) is 0 Å². The molecule has 0 heterocycles. The van der Waals surface area contributed by atoms with E-state index in [-0.39, 0.29) is 11.9 Å². The number of unbranched alkanes of at least 4 members (excludes halogenated alkanes) is 1. The zero-order valence-electron chi connectivity index (χ0n) is 14.3. The van der Waals surface area contributed by atoms with Gasteiger partial charge in [-0.2, -0.15) is 0 Å². The van der Waals surface area contributed by atoms with E-state index in [2.05, 4.69) is 15.6 Å². The average molecular weight is 325 g/mol. The second-order valence-corrected chi connectivity index (χ2v) is 5.17. The van der Waals surface area contributed by atoms with Crippen LogP contribution in [0.1, 0.15) is 26.7 Å². The maximum Gasteiger partial charge on any atom is 0.191 e. The Bertz CT molecular complexity index is 452. The normalized spacial score (nSPS) is 12.8. The molecule has 0 radical (unpaired) electrons. The van der Waals surface area contributed by atoms with Crippen molar-refractivity contribution in [3.63, 3.8) is 0 Å². The highest BCUT2D eigenvalue weighted by Crippen LogP contribution is 2.12.